The number of hydrogen-bond donors (Lipinski definition) is 1. The average Bonchev–Trinajstić information content (AvgIpc) is 3.14. The van der Waals surface area contributed by atoms with Crippen LogP contribution >= 0.6 is 11.3 Å². The Morgan fingerprint density at radius 3 is 2.63 bits per heavy atom. The highest BCUT2D eigenvalue weighted by atomic mass is 32.1. The number of nitrogens with one attached hydrogen (secondary N) is 1. The predicted octanol–water partition coefficient (Wildman–Crippen LogP) is 4.98. The van der Waals surface area contributed by atoms with Crippen LogP contribution in [0.5, 0.6) is 0 Å². The van der Waals surface area contributed by atoms with Crippen LogP contribution in [0, 0.1) is 10.1 Å². The minimum absolute atomic E-state index is 0.0255. The molecule has 0 saturated heterocycles. The van der Waals surface area contributed by atoms with Gasteiger partial charge in [-0.15, -0.1) is 10.2 Å². The Morgan fingerprint density at radius 2 is 1.90 bits per heavy atom. The molecule has 0 aliphatic heterocycles. The van der Waals surface area contributed by atoms with Crippen molar-refractivity contribution >= 4 is 38.8 Å². The third-order valence-corrected chi connectivity index (χ3v) is 4.90. The Hall–Kier alpha value is -3.80. The Bertz CT molecular complexity index is 1330. The molecular formula is C18H9F3N4O4S. The zero-order chi connectivity index (χ0) is 21.5. The van der Waals surface area contributed by atoms with E-state index >= 15 is 0 Å². The van der Waals surface area contributed by atoms with Gasteiger partial charge in [-0.25, -0.2) is 4.79 Å². The number of aromatic nitrogens is 2. The van der Waals surface area contributed by atoms with Crippen molar-refractivity contribution in [1.82, 2.24) is 10.2 Å². The molecule has 0 amide bonds. The number of rotatable bonds is 4. The van der Waals surface area contributed by atoms with Crippen LogP contribution in [0.1, 0.15) is 5.56 Å². The zero-order valence-corrected chi connectivity index (χ0v) is 15.5. The molecule has 0 unspecified atom stereocenters. The summed E-state index contributed by atoms with van der Waals surface area (Å²) in [4.78, 5) is 22.6. The molecule has 2 aromatic heterocycles. The molecule has 8 nitrogen and oxygen atoms in total. The summed E-state index contributed by atoms with van der Waals surface area (Å²) in [5.41, 5.74) is -1.38. The van der Waals surface area contributed by atoms with Crippen molar-refractivity contribution in [2.24, 2.45) is 0 Å². The highest BCUT2D eigenvalue weighted by Gasteiger charge is 2.30. The van der Waals surface area contributed by atoms with E-state index in [9.17, 15) is 28.1 Å². The van der Waals surface area contributed by atoms with Gasteiger partial charge in [0.15, 0.2) is 5.01 Å². The highest BCUT2D eigenvalue weighted by Crippen LogP contribution is 2.33. The Labute approximate surface area is 168 Å². The second-order valence-corrected chi connectivity index (χ2v) is 7.02. The fourth-order valence-corrected chi connectivity index (χ4v) is 3.42. The fraction of sp³-hybridized carbons (Fsp3) is 0.0556. The van der Waals surface area contributed by atoms with Gasteiger partial charge in [0.05, 0.1) is 16.1 Å². The van der Waals surface area contributed by atoms with E-state index in [0.717, 1.165) is 23.5 Å². The first-order chi connectivity index (χ1) is 14.2. The van der Waals surface area contributed by atoms with E-state index in [1.165, 1.54) is 36.4 Å². The predicted molar refractivity (Wildman–Crippen MR) is 103 cm³/mol. The van der Waals surface area contributed by atoms with Crippen molar-refractivity contribution in [2.75, 3.05) is 5.32 Å². The van der Waals surface area contributed by atoms with Crippen LogP contribution in [-0.2, 0) is 6.18 Å². The molecule has 12 heteroatoms. The number of non-ortho nitro benzene ring substituents is 1. The van der Waals surface area contributed by atoms with Crippen LogP contribution in [0.15, 0.2) is 57.7 Å². The van der Waals surface area contributed by atoms with Gasteiger partial charge in [0, 0.05) is 23.2 Å². The lowest BCUT2D eigenvalue weighted by molar-refractivity contribution is -0.384. The maximum atomic E-state index is 12.8. The number of benzene rings is 2. The van der Waals surface area contributed by atoms with Gasteiger partial charge < -0.3 is 9.73 Å². The first-order valence-corrected chi connectivity index (χ1v) is 9.03. The third kappa shape index (κ3) is 3.85. The Kier molecular flexibility index (Phi) is 4.70. The van der Waals surface area contributed by atoms with E-state index in [1.54, 1.807) is 0 Å². The van der Waals surface area contributed by atoms with E-state index < -0.39 is 22.3 Å². The standard InChI is InChI=1S/C18H9F3N4O4S/c19-18(20,21)10-2-1-3-11(8-10)22-17-24-23-15(30-17)13-7-9-6-12(25(27)28)4-5-14(9)29-16(13)26/h1-8H,(H,22,24). The first kappa shape index (κ1) is 19.5. The van der Waals surface area contributed by atoms with Gasteiger partial charge in [-0.3, -0.25) is 10.1 Å². The molecule has 4 rings (SSSR count). The summed E-state index contributed by atoms with van der Waals surface area (Å²) in [6, 6.07) is 9.72. The topological polar surface area (TPSA) is 111 Å². The molecule has 2 aromatic carbocycles. The SMILES string of the molecule is O=c1oc2ccc([N+](=O)[O-])cc2cc1-c1nnc(Nc2cccc(C(F)(F)F)c2)s1. The van der Waals surface area contributed by atoms with Gasteiger partial charge in [-0.2, -0.15) is 13.2 Å². The van der Waals surface area contributed by atoms with Crippen LogP contribution in [0.25, 0.3) is 21.5 Å². The molecule has 0 atom stereocenters. The van der Waals surface area contributed by atoms with Gasteiger partial charge >= 0.3 is 11.8 Å². The monoisotopic (exact) mass is 434 g/mol. The number of alkyl halides is 3. The summed E-state index contributed by atoms with van der Waals surface area (Å²) < 4.78 is 43.7. The van der Waals surface area contributed by atoms with Crippen LogP contribution in [0.3, 0.4) is 0 Å². The second-order valence-electron chi connectivity index (χ2n) is 6.04. The zero-order valence-electron chi connectivity index (χ0n) is 14.6. The number of nitro benzene ring substituents is 1. The molecule has 2 heterocycles. The fourth-order valence-electron chi connectivity index (χ4n) is 2.65. The lowest BCUT2D eigenvalue weighted by Gasteiger charge is -2.08. The number of fused-ring (bicyclic) bond motifs is 1. The van der Waals surface area contributed by atoms with Crippen molar-refractivity contribution in [3.05, 3.63) is 74.6 Å². The summed E-state index contributed by atoms with van der Waals surface area (Å²) in [7, 11) is 0. The Morgan fingerprint density at radius 1 is 1.10 bits per heavy atom. The molecule has 4 aromatic rings. The third-order valence-electron chi connectivity index (χ3n) is 4.02. The first-order valence-electron chi connectivity index (χ1n) is 8.21. The normalized spacial score (nSPS) is 11.6. The van der Waals surface area contributed by atoms with E-state index in [4.69, 9.17) is 4.42 Å². The Balaban J connectivity index is 1.67. The van der Waals surface area contributed by atoms with E-state index in [-0.39, 0.29) is 32.7 Å². The molecule has 30 heavy (non-hydrogen) atoms. The van der Waals surface area contributed by atoms with Crippen molar-refractivity contribution in [3.8, 4) is 10.6 Å². The number of halogens is 3. The highest BCUT2D eigenvalue weighted by molar-refractivity contribution is 7.18. The van der Waals surface area contributed by atoms with E-state index in [2.05, 4.69) is 15.5 Å². The maximum Gasteiger partial charge on any atom is 0.416 e. The number of nitrogens with zero attached hydrogens (tertiary/aromatic N) is 3. The summed E-state index contributed by atoms with van der Waals surface area (Å²) in [6.07, 6.45) is -4.49. The van der Waals surface area contributed by atoms with Crippen molar-refractivity contribution < 1.29 is 22.5 Å². The van der Waals surface area contributed by atoms with E-state index in [0.29, 0.717) is 5.39 Å². The molecule has 0 saturated carbocycles. The minimum atomic E-state index is -4.49. The number of anilines is 2. The van der Waals surface area contributed by atoms with Gasteiger partial charge in [0.1, 0.15) is 5.58 Å². The van der Waals surface area contributed by atoms with E-state index in [1.807, 2.05) is 0 Å². The molecule has 152 valence electrons. The van der Waals surface area contributed by atoms with Crippen LogP contribution in [-0.4, -0.2) is 15.1 Å². The second kappa shape index (κ2) is 7.22. The van der Waals surface area contributed by atoms with Crippen LogP contribution < -0.4 is 10.9 Å². The quantitative estimate of drug-likeness (QED) is 0.274. The van der Waals surface area contributed by atoms with Crippen molar-refractivity contribution in [3.63, 3.8) is 0 Å². The molecule has 0 spiro atoms. The molecule has 1 N–H and O–H groups in total. The summed E-state index contributed by atoms with van der Waals surface area (Å²) in [5.74, 6) is 0. The van der Waals surface area contributed by atoms with Gasteiger partial charge in [-0.1, -0.05) is 17.4 Å². The molecule has 0 radical (unpaired) electrons. The largest absolute Gasteiger partial charge is 0.422 e. The smallest absolute Gasteiger partial charge is 0.416 e. The molecule has 0 aliphatic rings. The summed E-state index contributed by atoms with van der Waals surface area (Å²) >= 11 is 0.919. The van der Waals surface area contributed by atoms with Crippen molar-refractivity contribution in [1.29, 1.82) is 0 Å². The minimum Gasteiger partial charge on any atom is -0.422 e. The van der Waals surface area contributed by atoms with Crippen LogP contribution in [0.2, 0.25) is 0 Å². The molecule has 0 fully saturated rings. The maximum absolute atomic E-state index is 12.8. The lowest BCUT2D eigenvalue weighted by atomic mass is 10.2. The van der Waals surface area contributed by atoms with Crippen molar-refractivity contribution in [2.45, 2.75) is 6.18 Å². The summed E-state index contributed by atoms with van der Waals surface area (Å²) in [5, 5.41) is 22.0. The van der Waals surface area contributed by atoms with Gasteiger partial charge in [0.2, 0.25) is 5.13 Å². The summed E-state index contributed by atoms with van der Waals surface area (Å²) in [6.45, 7) is 0. The van der Waals surface area contributed by atoms with Gasteiger partial charge in [-0.05, 0) is 30.3 Å². The number of nitro groups is 1. The molecule has 0 aliphatic carbocycles. The lowest BCUT2D eigenvalue weighted by Crippen LogP contribution is -2.05. The molecule has 0 bridgehead atoms. The van der Waals surface area contributed by atoms with Crippen LogP contribution in [0.4, 0.5) is 29.7 Å². The molecular weight excluding hydrogens is 425 g/mol. The average molecular weight is 434 g/mol. The number of hydrogen-bond acceptors (Lipinski definition) is 8. The van der Waals surface area contributed by atoms with Gasteiger partial charge in [0.25, 0.3) is 5.69 Å².